The summed E-state index contributed by atoms with van der Waals surface area (Å²) in [5, 5.41) is 0. The lowest BCUT2D eigenvalue weighted by atomic mass is 10.1. The van der Waals surface area contributed by atoms with E-state index in [0.717, 1.165) is 17.1 Å². The van der Waals surface area contributed by atoms with Crippen molar-refractivity contribution >= 4 is 0 Å². The molecular weight excluding hydrogens is 248 g/mol. The zero-order valence-corrected chi connectivity index (χ0v) is 11.3. The van der Waals surface area contributed by atoms with Gasteiger partial charge in [-0.2, -0.15) is 0 Å². The molecule has 0 aliphatic carbocycles. The van der Waals surface area contributed by atoms with E-state index in [1.54, 1.807) is 6.20 Å². The Bertz CT molecular complexity index is 662. The molecule has 3 aromatic rings. The molecule has 0 bridgehead atoms. The molecule has 0 aliphatic heterocycles. The highest BCUT2D eigenvalue weighted by Crippen LogP contribution is 2.26. The molecule has 100 valence electrons. The number of ether oxygens (including phenoxy) is 1. The average molecular weight is 264 g/mol. The molecule has 3 rings (SSSR count). The van der Waals surface area contributed by atoms with Crippen LogP contribution in [-0.2, 0) is 7.05 Å². The van der Waals surface area contributed by atoms with E-state index < -0.39 is 0 Å². The van der Waals surface area contributed by atoms with E-state index in [1.165, 1.54) is 0 Å². The second-order valence-corrected chi connectivity index (χ2v) is 4.62. The molecule has 0 spiro atoms. The van der Waals surface area contributed by atoms with E-state index in [1.807, 2.05) is 66.3 Å². The zero-order valence-electron chi connectivity index (χ0n) is 11.3. The summed E-state index contributed by atoms with van der Waals surface area (Å²) in [6.45, 7) is 0. The quantitative estimate of drug-likeness (QED) is 0.720. The summed E-state index contributed by atoms with van der Waals surface area (Å²) in [7, 11) is 1.98. The monoisotopic (exact) mass is 264 g/mol. The van der Waals surface area contributed by atoms with Crippen LogP contribution in [0.2, 0.25) is 0 Å². The highest BCUT2D eigenvalue weighted by molar-refractivity contribution is 5.28. The number of aromatic nitrogens is 2. The van der Waals surface area contributed by atoms with E-state index >= 15 is 0 Å². The molecule has 1 atom stereocenters. The first-order valence-electron chi connectivity index (χ1n) is 6.58. The molecule has 1 unspecified atom stereocenters. The first-order valence-corrected chi connectivity index (χ1v) is 6.58. The average Bonchev–Trinajstić information content (AvgIpc) is 2.93. The van der Waals surface area contributed by atoms with Gasteiger partial charge in [-0.1, -0.05) is 48.5 Å². The molecule has 0 saturated heterocycles. The Morgan fingerprint density at radius 1 is 0.950 bits per heavy atom. The summed E-state index contributed by atoms with van der Waals surface area (Å²) in [6, 6.07) is 20.0. The first kappa shape index (κ1) is 12.5. The lowest BCUT2D eigenvalue weighted by molar-refractivity contribution is 0.233. The van der Waals surface area contributed by atoms with Gasteiger partial charge in [0.1, 0.15) is 5.75 Å². The maximum Gasteiger partial charge on any atom is 0.181 e. The number of rotatable bonds is 4. The van der Waals surface area contributed by atoms with Gasteiger partial charge in [0.05, 0.1) is 0 Å². The maximum absolute atomic E-state index is 6.14. The fourth-order valence-electron chi connectivity index (χ4n) is 2.16. The van der Waals surface area contributed by atoms with E-state index in [9.17, 15) is 0 Å². The van der Waals surface area contributed by atoms with E-state index in [4.69, 9.17) is 4.74 Å². The molecule has 3 nitrogen and oxygen atoms in total. The Morgan fingerprint density at radius 3 is 2.20 bits per heavy atom. The smallest absolute Gasteiger partial charge is 0.181 e. The summed E-state index contributed by atoms with van der Waals surface area (Å²) >= 11 is 0. The van der Waals surface area contributed by atoms with Crippen molar-refractivity contribution in [3.63, 3.8) is 0 Å². The van der Waals surface area contributed by atoms with Gasteiger partial charge >= 0.3 is 0 Å². The van der Waals surface area contributed by atoms with Crippen LogP contribution in [0, 0.1) is 0 Å². The number of hydrogen-bond donors (Lipinski definition) is 0. The Hall–Kier alpha value is -2.55. The van der Waals surface area contributed by atoms with Crippen molar-refractivity contribution in [1.29, 1.82) is 0 Å². The van der Waals surface area contributed by atoms with Crippen molar-refractivity contribution in [3.05, 3.63) is 84.4 Å². The molecule has 0 saturated carbocycles. The van der Waals surface area contributed by atoms with Gasteiger partial charge in [-0.15, -0.1) is 0 Å². The lowest BCUT2D eigenvalue weighted by Crippen LogP contribution is -2.14. The largest absolute Gasteiger partial charge is 0.478 e. The van der Waals surface area contributed by atoms with Gasteiger partial charge in [0, 0.05) is 25.0 Å². The fraction of sp³-hybridized carbons (Fsp3) is 0.118. The summed E-state index contributed by atoms with van der Waals surface area (Å²) in [4.78, 5) is 4.43. The molecule has 1 aromatic heterocycles. The van der Waals surface area contributed by atoms with Crippen molar-refractivity contribution < 1.29 is 4.74 Å². The number of imidazole rings is 1. The van der Waals surface area contributed by atoms with Gasteiger partial charge in [0.15, 0.2) is 11.9 Å². The van der Waals surface area contributed by atoms with E-state index in [0.29, 0.717) is 0 Å². The van der Waals surface area contributed by atoms with Crippen LogP contribution in [0.15, 0.2) is 73.1 Å². The molecule has 0 N–H and O–H groups in total. The van der Waals surface area contributed by atoms with Crippen molar-refractivity contribution in [2.24, 2.45) is 7.05 Å². The summed E-state index contributed by atoms with van der Waals surface area (Å²) in [5.41, 5.74) is 1.09. The number of nitrogens with zero attached hydrogens (tertiary/aromatic N) is 2. The van der Waals surface area contributed by atoms with Gasteiger partial charge in [-0.05, 0) is 12.1 Å². The van der Waals surface area contributed by atoms with Crippen LogP contribution in [0.1, 0.15) is 17.5 Å². The van der Waals surface area contributed by atoms with Crippen LogP contribution < -0.4 is 4.74 Å². The summed E-state index contributed by atoms with van der Waals surface area (Å²) in [6.07, 6.45) is 3.51. The molecule has 0 radical (unpaired) electrons. The van der Waals surface area contributed by atoms with Crippen molar-refractivity contribution in [1.82, 2.24) is 9.55 Å². The van der Waals surface area contributed by atoms with Gasteiger partial charge < -0.3 is 9.30 Å². The number of aryl methyl sites for hydroxylation is 1. The third-order valence-corrected chi connectivity index (χ3v) is 3.19. The Labute approximate surface area is 118 Å². The Balaban J connectivity index is 1.98. The minimum atomic E-state index is -0.210. The third kappa shape index (κ3) is 2.57. The maximum atomic E-state index is 6.14. The lowest BCUT2D eigenvalue weighted by Gasteiger charge is -2.19. The molecule has 0 fully saturated rings. The van der Waals surface area contributed by atoms with Gasteiger partial charge in [0.2, 0.25) is 0 Å². The third-order valence-electron chi connectivity index (χ3n) is 3.19. The van der Waals surface area contributed by atoms with Crippen molar-refractivity contribution in [2.75, 3.05) is 0 Å². The fourth-order valence-corrected chi connectivity index (χ4v) is 2.16. The second kappa shape index (κ2) is 5.61. The predicted octanol–water partition coefficient (Wildman–Crippen LogP) is 3.59. The van der Waals surface area contributed by atoms with Crippen LogP contribution >= 0.6 is 0 Å². The van der Waals surface area contributed by atoms with Crippen LogP contribution in [0.25, 0.3) is 0 Å². The number of benzene rings is 2. The van der Waals surface area contributed by atoms with Gasteiger partial charge in [0.25, 0.3) is 0 Å². The normalized spacial score (nSPS) is 12.1. The summed E-state index contributed by atoms with van der Waals surface area (Å²) < 4.78 is 8.13. The van der Waals surface area contributed by atoms with E-state index in [2.05, 4.69) is 17.1 Å². The standard InChI is InChI=1S/C17H16N2O/c1-19-13-12-18-17(19)16(14-8-4-2-5-9-14)20-15-10-6-3-7-11-15/h2-13,16H,1H3. The zero-order chi connectivity index (χ0) is 13.8. The second-order valence-electron chi connectivity index (χ2n) is 4.62. The predicted molar refractivity (Wildman–Crippen MR) is 78.6 cm³/mol. The Kier molecular flexibility index (Phi) is 3.50. The van der Waals surface area contributed by atoms with Crippen molar-refractivity contribution in [2.45, 2.75) is 6.10 Å². The molecule has 2 aromatic carbocycles. The van der Waals surface area contributed by atoms with Crippen molar-refractivity contribution in [3.8, 4) is 5.75 Å². The molecule has 0 amide bonds. The molecule has 3 heteroatoms. The first-order chi connectivity index (χ1) is 9.84. The highest BCUT2D eigenvalue weighted by Gasteiger charge is 2.19. The molecular formula is C17H16N2O. The minimum Gasteiger partial charge on any atom is -0.478 e. The van der Waals surface area contributed by atoms with Crippen LogP contribution in [0.3, 0.4) is 0 Å². The van der Waals surface area contributed by atoms with Gasteiger partial charge in [-0.25, -0.2) is 4.98 Å². The van der Waals surface area contributed by atoms with E-state index in [-0.39, 0.29) is 6.10 Å². The van der Waals surface area contributed by atoms with Crippen LogP contribution in [0.5, 0.6) is 5.75 Å². The number of hydrogen-bond acceptors (Lipinski definition) is 2. The van der Waals surface area contributed by atoms with Crippen LogP contribution in [0.4, 0.5) is 0 Å². The molecule has 0 aliphatic rings. The SMILES string of the molecule is Cn1ccnc1C(Oc1ccccc1)c1ccccc1. The molecule has 1 heterocycles. The van der Waals surface area contributed by atoms with Crippen LogP contribution in [-0.4, -0.2) is 9.55 Å². The Morgan fingerprint density at radius 2 is 1.60 bits per heavy atom. The minimum absolute atomic E-state index is 0.210. The molecule has 20 heavy (non-hydrogen) atoms. The highest BCUT2D eigenvalue weighted by atomic mass is 16.5. The topological polar surface area (TPSA) is 27.1 Å². The summed E-state index contributed by atoms with van der Waals surface area (Å²) in [5.74, 6) is 1.73. The number of para-hydroxylation sites is 1. The van der Waals surface area contributed by atoms with Gasteiger partial charge in [-0.3, -0.25) is 0 Å².